The summed E-state index contributed by atoms with van der Waals surface area (Å²) in [5.41, 5.74) is 4.79. The van der Waals surface area contributed by atoms with Crippen LogP contribution in [0.2, 0.25) is 0 Å². The normalized spacial score (nSPS) is 11.5. The summed E-state index contributed by atoms with van der Waals surface area (Å²) in [6.07, 6.45) is 3.94. The van der Waals surface area contributed by atoms with Crippen LogP contribution in [0.1, 0.15) is 32.8 Å². The molecule has 37 heavy (non-hydrogen) atoms. The smallest absolute Gasteiger partial charge is 0.344 e. The van der Waals surface area contributed by atoms with Gasteiger partial charge in [0.25, 0.3) is 0 Å². The molecule has 4 nitrogen and oxygen atoms in total. The molecule has 0 N–H and O–H groups in total. The van der Waals surface area contributed by atoms with Crippen LogP contribution in [0.25, 0.3) is 45.2 Å². The van der Waals surface area contributed by atoms with Crippen LogP contribution in [0, 0.1) is 6.92 Å². The van der Waals surface area contributed by atoms with Crippen LogP contribution in [0.5, 0.6) is 0 Å². The molecule has 4 aromatic carbocycles. The van der Waals surface area contributed by atoms with E-state index in [1.807, 2.05) is 104 Å². The van der Waals surface area contributed by atoms with Crippen molar-refractivity contribution in [2.24, 2.45) is 0 Å². The molecule has 0 saturated heterocycles. The number of carbonyl (C=O) groups is 1. The minimum absolute atomic E-state index is 0.186. The van der Waals surface area contributed by atoms with E-state index in [4.69, 9.17) is 8.83 Å². The topological polar surface area (TPSA) is 60.4 Å². The van der Waals surface area contributed by atoms with Gasteiger partial charge >= 0.3 is 5.63 Å². The van der Waals surface area contributed by atoms with Gasteiger partial charge in [-0.15, -0.1) is 0 Å². The summed E-state index contributed by atoms with van der Waals surface area (Å²) >= 11 is 0. The number of rotatable bonds is 5. The number of ketones is 1. The van der Waals surface area contributed by atoms with Gasteiger partial charge in [-0.1, -0.05) is 103 Å². The lowest BCUT2D eigenvalue weighted by Gasteiger charge is -2.09. The minimum atomic E-state index is -0.436. The molecule has 0 fully saturated rings. The van der Waals surface area contributed by atoms with Crippen molar-refractivity contribution in [2.45, 2.75) is 6.92 Å². The SMILES string of the molecule is Cc1c(C(=O)c2ccccc2)oc2cc3oc(=O)c(-c4ccccc4)c(/C=C/c4ccccc4)c3cc12. The zero-order valence-corrected chi connectivity index (χ0v) is 20.1. The van der Waals surface area contributed by atoms with Gasteiger partial charge < -0.3 is 8.83 Å². The first kappa shape index (κ1) is 22.5. The van der Waals surface area contributed by atoms with Gasteiger partial charge in [0.2, 0.25) is 5.78 Å². The molecule has 0 aliphatic carbocycles. The Balaban J connectivity index is 1.61. The molecular formula is C33H22O4. The monoisotopic (exact) mass is 482 g/mol. The third-order valence-electron chi connectivity index (χ3n) is 6.55. The lowest BCUT2D eigenvalue weighted by Crippen LogP contribution is -2.06. The molecule has 4 heteroatoms. The molecule has 0 radical (unpaired) electrons. The van der Waals surface area contributed by atoms with Gasteiger partial charge in [0.15, 0.2) is 5.76 Å². The van der Waals surface area contributed by atoms with E-state index in [1.165, 1.54) is 0 Å². The van der Waals surface area contributed by atoms with Crippen molar-refractivity contribution in [3.63, 3.8) is 0 Å². The van der Waals surface area contributed by atoms with E-state index in [9.17, 15) is 9.59 Å². The van der Waals surface area contributed by atoms with Gasteiger partial charge in [0, 0.05) is 33.5 Å². The molecule has 0 saturated carbocycles. The quantitative estimate of drug-likeness (QED) is 0.185. The predicted molar refractivity (Wildman–Crippen MR) is 148 cm³/mol. The average molecular weight is 483 g/mol. The number of benzene rings is 4. The zero-order valence-electron chi connectivity index (χ0n) is 20.1. The van der Waals surface area contributed by atoms with E-state index in [0.717, 1.165) is 33.0 Å². The van der Waals surface area contributed by atoms with Crippen molar-refractivity contribution < 1.29 is 13.6 Å². The summed E-state index contributed by atoms with van der Waals surface area (Å²) in [7, 11) is 0. The van der Waals surface area contributed by atoms with Crippen LogP contribution in [-0.4, -0.2) is 5.78 Å². The van der Waals surface area contributed by atoms with Crippen LogP contribution >= 0.6 is 0 Å². The third-order valence-corrected chi connectivity index (χ3v) is 6.55. The second kappa shape index (κ2) is 9.25. The summed E-state index contributed by atoms with van der Waals surface area (Å²) in [5.74, 6) is 0.0949. The number of furan rings is 1. The molecule has 0 aliphatic rings. The molecule has 0 bridgehead atoms. The number of carbonyl (C=O) groups excluding carboxylic acids is 1. The van der Waals surface area contributed by atoms with Gasteiger partial charge in [-0.25, -0.2) is 4.79 Å². The van der Waals surface area contributed by atoms with E-state index in [2.05, 4.69) is 0 Å². The molecule has 178 valence electrons. The van der Waals surface area contributed by atoms with Crippen molar-refractivity contribution in [1.29, 1.82) is 0 Å². The van der Waals surface area contributed by atoms with Crippen molar-refractivity contribution in [2.75, 3.05) is 0 Å². The Morgan fingerprint density at radius 2 is 1.32 bits per heavy atom. The highest BCUT2D eigenvalue weighted by molar-refractivity contribution is 6.12. The van der Waals surface area contributed by atoms with Gasteiger partial charge in [-0.05, 0) is 24.1 Å². The predicted octanol–water partition coefficient (Wildman–Crippen LogP) is 7.92. The molecule has 0 unspecified atom stereocenters. The van der Waals surface area contributed by atoms with Gasteiger partial charge in [0.1, 0.15) is 11.2 Å². The number of hydrogen-bond acceptors (Lipinski definition) is 4. The van der Waals surface area contributed by atoms with Gasteiger partial charge in [0.05, 0.1) is 5.56 Å². The lowest BCUT2D eigenvalue weighted by molar-refractivity contribution is 0.101. The first-order chi connectivity index (χ1) is 18.1. The van der Waals surface area contributed by atoms with Crippen molar-refractivity contribution in [1.82, 2.24) is 0 Å². The lowest BCUT2D eigenvalue weighted by atomic mass is 9.96. The van der Waals surface area contributed by atoms with Crippen LogP contribution in [-0.2, 0) is 0 Å². The van der Waals surface area contributed by atoms with E-state index >= 15 is 0 Å². The van der Waals surface area contributed by atoms with Crippen LogP contribution < -0.4 is 5.63 Å². The molecule has 0 spiro atoms. The molecular weight excluding hydrogens is 460 g/mol. The number of hydrogen-bond donors (Lipinski definition) is 0. The fraction of sp³-hybridized carbons (Fsp3) is 0.0303. The third kappa shape index (κ3) is 4.09. The Labute approximate surface area is 213 Å². The summed E-state index contributed by atoms with van der Waals surface area (Å²) in [6, 6.07) is 32.1. The zero-order chi connectivity index (χ0) is 25.4. The summed E-state index contributed by atoms with van der Waals surface area (Å²) in [5, 5.41) is 1.56. The second-order valence-electron chi connectivity index (χ2n) is 8.88. The first-order valence-corrected chi connectivity index (χ1v) is 12.0. The Morgan fingerprint density at radius 1 is 0.703 bits per heavy atom. The summed E-state index contributed by atoms with van der Waals surface area (Å²) in [4.78, 5) is 26.5. The first-order valence-electron chi connectivity index (χ1n) is 12.0. The molecule has 6 aromatic rings. The molecule has 6 rings (SSSR count). The van der Waals surface area contributed by atoms with Gasteiger partial charge in [-0.2, -0.15) is 0 Å². The maximum atomic E-state index is 13.3. The van der Waals surface area contributed by atoms with E-state index < -0.39 is 5.63 Å². The maximum Gasteiger partial charge on any atom is 0.344 e. The maximum absolute atomic E-state index is 13.3. The Morgan fingerprint density at radius 3 is 2.03 bits per heavy atom. The average Bonchev–Trinajstić information content (AvgIpc) is 3.26. The van der Waals surface area contributed by atoms with Crippen molar-refractivity contribution in [3.05, 3.63) is 142 Å². The summed E-state index contributed by atoms with van der Waals surface area (Å²) in [6.45, 7) is 1.88. The minimum Gasteiger partial charge on any atom is -0.452 e. The van der Waals surface area contributed by atoms with Crippen molar-refractivity contribution >= 4 is 39.9 Å². The largest absolute Gasteiger partial charge is 0.452 e. The van der Waals surface area contributed by atoms with Gasteiger partial charge in [-0.3, -0.25) is 4.79 Å². The molecule has 0 aliphatic heterocycles. The van der Waals surface area contributed by atoms with Crippen molar-refractivity contribution in [3.8, 4) is 11.1 Å². The molecule has 0 amide bonds. The Bertz CT molecular complexity index is 1840. The molecule has 0 atom stereocenters. The highest BCUT2D eigenvalue weighted by atomic mass is 16.4. The molecule has 2 heterocycles. The summed E-state index contributed by atoms with van der Waals surface area (Å²) < 4.78 is 11.8. The Hall–Kier alpha value is -4.96. The number of aryl methyl sites for hydroxylation is 1. The van der Waals surface area contributed by atoms with Crippen LogP contribution in [0.15, 0.2) is 117 Å². The standard InChI is InChI=1S/C33H22O4/c1-21-26-19-27-25(18-17-22-11-5-2-6-12-22)30(23-13-7-3-8-14-23)33(35)37-29(27)20-28(26)36-32(21)31(34)24-15-9-4-10-16-24/h2-20H,1H3/b18-17+. The highest BCUT2D eigenvalue weighted by Crippen LogP contribution is 2.35. The fourth-order valence-corrected chi connectivity index (χ4v) is 4.67. The van der Waals surface area contributed by atoms with E-state index in [0.29, 0.717) is 22.3 Å². The second-order valence-corrected chi connectivity index (χ2v) is 8.88. The molecule has 2 aromatic heterocycles. The van der Waals surface area contributed by atoms with Crippen LogP contribution in [0.4, 0.5) is 0 Å². The fourth-order valence-electron chi connectivity index (χ4n) is 4.67. The highest BCUT2D eigenvalue weighted by Gasteiger charge is 2.22. The van der Waals surface area contributed by atoms with E-state index in [1.54, 1.807) is 18.2 Å². The Kier molecular flexibility index (Phi) is 5.62. The number of fused-ring (bicyclic) bond motifs is 2. The van der Waals surface area contributed by atoms with Crippen LogP contribution in [0.3, 0.4) is 0 Å². The van der Waals surface area contributed by atoms with E-state index in [-0.39, 0.29) is 11.5 Å².